The van der Waals surface area contributed by atoms with E-state index in [1.165, 1.54) is 6.92 Å². The zero-order valence-corrected chi connectivity index (χ0v) is 8.84. The molecule has 0 saturated heterocycles. The highest BCUT2D eigenvalue weighted by atomic mass is 16.4. The first-order chi connectivity index (χ1) is 6.09. The van der Waals surface area contributed by atoms with Crippen LogP contribution < -0.4 is 11.1 Å². The minimum absolute atomic E-state index is 0.0392. The number of amides is 1. The van der Waals surface area contributed by atoms with E-state index in [4.69, 9.17) is 21.0 Å². The van der Waals surface area contributed by atoms with Crippen LogP contribution in [0.1, 0.15) is 27.7 Å². The molecule has 14 heavy (non-hydrogen) atoms. The van der Waals surface area contributed by atoms with Gasteiger partial charge in [-0.2, -0.15) is 0 Å². The van der Waals surface area contributed by atoms with Crippen LogP contribution in [0.5, 0.6) is 0 Å². The number of nitrogens with two attached hydrogens (primary N) is 1. The van der Waals surface area contributed by atoms with Crippen molar-refractivity contribution in [2.75, 3.05) is 0 Å². The lowest BCUT2D eigenvalue weighted by Crippen LogP contribution is -2.51. The second-order valence-corrected chi connectivity index (χ2v) is 3.24. The largest absolute Gasteiger partial charge is 0.481 e. The van der Waals surface area contributed by atoms with E-state index in [0.717, 1.165) is 6.92 Å². The molecule has 0 atom stereocenters. The van der Waals surface area contributed by atoms with Crippen LogP contribution in [-0.2, 0) is 9.59 Å². The predicted octanol–water partition coefficient (Wildman–Crippen LogP) is -0.0720. The molecule has 5 N–H and O–H groups in total. The molecule has 1 amide bonds. The number of hydrogen-bond acceptors (Lipinski definition) is 3. The number of carboxylic acid groups (broad SMARTS) is 1. The van der Waals surface area contributed by atoms with Crippen LogP contribution in [0.2, 0.25) is 0 Å². The van der Waals surface area contributed by atoms with Crippen molar-refractivity contribution >= 4 is 17.7 Å². The van der Waals surface area contributed by atoms with Gasteiger partial charge in [-0.3, -0.25) is 15.0 Å². The first-order valence-corrected chi connectivity index (χ1v) is 3.92. The van der Waals surface area contributed by atoms with Gasteiger partial charge in [0, 0.05) is 13.8 Å². The van der Waals surface area contributed by atoms with E-state index < -0.39 is 11.5 Å². The minimum Gasteiger partial charge on any atom is -0.481 e. The summed E-state index contributed by atoms with van der Waals surface area (Å²) in [6.45, 7) is 5.83. The van der Waals surface area contributed by atoms with Crippen molar-refractivity contribution in [3.8, 4) is 0 Å². The Morgan fingerprint density at radius 2 is 1.64 bits per heavy atom. The maximum absolute atomic E-state index is 10.5. The third-order valence-corrected chi connectivity index (χ3v) is 1.16. The summed E-state index contributed by atoms with van der Waals surface area (Å²) >= 11 is 0. The first-order valence-electron chi connectivity index (χ1n) is 3.92. The first kappa shape index (κ1) is 14.9. The Balaban J connectivity index is 0. The van der Waals surface area contributed by atoms with Gasteiger partial charge < -0.3 is 16.2 Å². The lowest BCUT2D eigenvalue weighted by molar-refractivity contribution is -0.134. The lowest BCUT2D eigenvalue weighted by Gasteiger charge is -2.23. The van der Waals surface area contributed by atoms with Crippen LogP contribution in [0.15, 0.2) is 0 Å². The number of carboxylic acids is 1. The molecule has 6 nitrogen and oxygen atoms in total. The fourth-order valence-corrected chi connectivity index (χ4v) is 0.507. The molecule has 0 aliphatic heterocycles. The molecule has 0 aliphatic carbocycles. The highest BCUT2D eigenvalue weighted by Gasteiger charge is 2.21. The Morgan fingerprint density at radius 3 is 1.71 bits per heavy atom. The molecule has 82 valence electrons. The SMILES string of the molecule is CC(=O)NC(C)(C)C(=N)N.CC(=O)O. The number of aliphatic carboxylic acids is 1. The average molecular weight is 203 g/mol. The molecule has 0 aromatic heterocycles. The molecule has 0 bridgehead atoms. The van der Waals surface area contributed by atoms with E-state index in [1.54, 1.807) is 13.8 Å². The van der Waals surface area contributed by atoms with Gasteiger partial charge >= 0.3 is 0 Å². The van der Waals surface area contributed by atoms with E-state index in [9.17, 15) is 4.79 Å². The van der Waals surface area contributed by atoms with E-state index in [1.807, 2.05) is 0 Å². The Morgan fingerprint density at radius 1 is 1.36 bits per heavy atom. The van der Waals surface area contributed by atoms with Gasteiger partial charge in [0.05, 0.1) is 5.54 Å². The van der Waals surface area contributed by atoms with Gasteiger partial charge in [-0.25, -0.2) is 0 Å². The molecule has 0 unspecified atom stereocenters. The Kier molecular flexibility index (Phi) is 6.34. The fourth-order valence-electron chi connectivity index (χ4n) is 0.507. The van der Waals surface area contributed by atoms with Crippen LogP contribution in [0, 0.1) is 5.41 Å². The van der Waals surface area contributed by atoms with E-state index in [2.05, 4.69) is 5.32 Å². The summed E-state index contributed by atoms with van der Waals surface area (Å²) in [4.78, 5) is 19.5. The Bertz CT molecular complexity index is 232. The molecule has 0 aromatic carbocycles. The molecule has 0 heterocycles. The zero-order chi connectivity index (χ0) is 11.9. The van der Waals surface area contributed by atoms with Crippen molar-refractivity contribution in [3.63, 3.8) is 0 Å². The van der Waals surface area contributed by atoms with Crippen molar-refractivity contribution in [1.29, 1.82) is 5.41 Å². The van der Waals surface area contributed by atoms with Crippen molar-refractivity contribution < 1.29 is 14.7 Å². The maximum atomic E-state index is 10.5. The molecule has 6 heteroatoms. The van der Waals surface area contributed by atoms with Crippen molar-refractivity contribution in [3.05, 3.63) is 0 Å². The maximum Gasteiger partial charge on any atom is 0.300 e. The lowest BCUT2D eigenvalue weighted by atomic mass is 10.1. The van der Waals surface area contributed by atoms with Crippen LogP contribution >= 0.6 is 0 Å². The normalized spacial score (nSPS) is 9.43. The second kappa shape index (κ2) is 5.95. The second-order valence-electron chi connectivity index (χ2n) is 3.24. The minimum atomic E-state index is -0.833. The van der Waals surface area contributed by atoms with E-state index >= 15 is 0 Å². The van der Waals surface area contributed by atoms with Crippen LogP contribution in [0.25, 0.3) is 0 Å². The highest BCUT2D eigenvalue weighted by molar-refractivity contribution is 5.90. The Hall–Kier alpha value is -1.59. The third-order valence-electron chi connectivity index (χ3n) is 1.16. The third kappa shape index (κ3) is 10.4. The molecular weight excluding hydrogens is 186 g/mol. The fraction of sp³-hybridized carbons (Fsp3) is 0.625. The summed E-state index contributed by atoms with van der Waals surface area (Å²) in [6.07, 6.45) is 0. The average Bonchev–Trinajstić information content (AvgIpc) is 1.81. The number of hydrogen-bond donors (Lipinski definition) is 4. The zero-order valence-electron chi connectivity index (χ0n) is 8.84. The van der Waals surface area contributed by atoms with Crippen molar-refractivity contribution in [1.82, 2.24) is 5.32 Å². The molecule has 0 rings (SSSR count). The molecule has 0 fully saturated rings. The summed E-state index contributed by atoms with van der Waals surface area (Å²) in [5.41, 5.74) is 4.47. The summed E-state index contributed by atoms with van der Waals surface area (Å²) in [7, 11) is 0. The van der Waals surface area contributed by atoms with Gasteiger partial charge in [-0.1, -0.05) is 0 Å². The van der Waals surface area contributed by atoms with Crippen molar-refractivity contribution in [2.45, 2.75) is 33.2 Å². The molecule has 0 spiro atoms. The van der Waals surface area contributed by atoms with Crippen LogP contribution in [0.4, 0.5) is 0 Å². The molecular formula is C8H17N3O3. The highest BCUT2D eigenvalue weighted by Crippen LogP contribution is 1.99. The van der Waals surface area contributed by atoms with Gasteiger partial charge in [-0.15, -0.1) is 0 Å². The van der Waals surface area contributed by atoms with Gasteiger partial charge in [-0.05, 0) is 13.8 Å². The topological polar surface area (TPSA) is 116 Å². The smallest absolute Gasteiger partial charge is 0.300 e. The number of nitrogens with one attached hydrogen (secondary N) is 2. The number of carbonyl (C=O) groups excluding carboxylic acids is 1. The molecule has 0 saturated carbocycles. The summed E-state index contributed by atoms with van der Waals surface area (Å²) in [6, 6.07) is 0. The monoisotopic (exact) mass is 203 g/mol. The molecule has 0 radical (unpaired) electrons. The van der Waals surface area contributed by atoms with E-state index in [0.29, 0.717) is 0 Å². The van der Waals surface area contributed by atoms with Crippen molar-refractivity contribution in [2.24, 2.45) is 5.73 Å². The standard InChI is InChI=1S/C6H13N3O.C2H4O2/c1-4(10)9-6(2,3)5(7)8;1-2(3)4/h1-3H3,(H3,7,8)(H,9,10);1H3,(H,3,4). The predicted molar refractivity (Wildman–Crippen MR) is 53.1 cm³/mol. The van der Waals surface area contributed by atoms with Gasteiger partial charge in [0.2, 0.25) is 5.91 Å². The van der Waals surface area contributed by atoms with Gasteiger partial charge in [0.1, 0.15) is 5.84 Å². The number of rotatable bonds is 2. The Labute approximate surface area is 83.0 Å². The van der Waals surface area contributed by atoms with Gasteiger partial charge in [0.25, 0.3) is 5.97 Å². The van der Waals surface area contributed by atoms with Gasteiger partial charge in [0.15, 0.2) is 0 Å². The summed E-state index contributed by atoms with van der Waals surface area (Å²) < 4.78 is 0. The van der Waals surface area contributed by atoms with Crippen LogP contribution in [0.3, 0.4) is 0 Å². The quantitative estimate of drug-likeness (QED) is 0.371. The summed E-state index contributed by atoms with van der Waals surface area (Å²) in [5, 5.41) is 17.0. The molecule has 0 aromatic rings. The van der Waals surface area contributed by atoms with Crippen LogP contribution in [-0.4, -0.2) is 28.4 Å². The summed E-state index contributed by atoms with van der Waals surface area (Å²) in [5.74, 6) is -1.05. The number of carbonyl (C=O) groups is 2. The van der Waals surface area contributed by atoms with E-state index in [-0.39, 0.29) is 11.7 Å². The number of amidine groups is 1. The molecule has 0 aliphatic rings.